The predicted octanol–water partition coefficient (Wildman–Crippen LogP) is 3.80. The Morgan fingerprint density at radius 2 is 2.03 bits per heavy atom. The van der Waals surface area contributed by atoms with Gasteiger partial charge in [-0.25, -0.2) is 23.1 Å². The smallest absolute Gasteiger partial charge is 0.266 e. The highest BCUT2D eigenvalue weighted by atomic mass is 19.3. The topological polar surface area (TPSA) is 67.6 Å². The van der Waals surface area contributed by atoms with E-state index in [-0.39, 0.29) is 17.5 Å². The number of nitrogens with one attached hydrogen (secondary N) is 1. The Morgan fingerprint density at radius 3 is 2.78 bits per heavy atom. The number of pyridine rings is 1. The molecule has 164 valence electrons. The molecule has 32 heavy (non-hydrogen) atoms. The summed E-state index contributed by atoms with van der Waals surface area (Å²) in [4.78, 5) is 15.6. The van der Waals surface area contributed by atoms with E-state index in [0.717, 1.165) is 49.1 Å². The average molecular weight is 440 g/mol. The fraction of sp³-hybridized carbons (Fsp3) is 0.318. The minimum absolute atomic E-state index is 0.00714. The van der Waals surface area contributed by atoms with Gasteiger partial charge < -0.3 is 15.0 Å². The molecular formula is C22H19F3N6O. The fourth-order valence-corrected chi connectivity index (χ4v) is 4.44. The molecular weight excluding hydrogens is 421 g/mol. The van der Waals surface area contributed by atoms with Crippen LogP contribution in [0.4, 0.5) is 24.8 Å². The van der Waals surface area contributed by atoms with Crippen molar-refractivity contribution >= 4 is 28.3 Å². The first-order valence-electron chi connectivity index (χ1n) is 10.3. The van der Waals surface area contributed by atoms with Gasteiger partial charge in [-0.15, -0.1) is 0 Å². The third-order valence-electron chi connectivity index (χ3n) is 6.20. The van der Waals surface area contributed by atoms with Gasteiger partial charge >= 0.3 is 0 Å². The summed E-state index contributed by atoms with van der Waals surface area (Å²) in [6, 6.07) is 5.95. The van der Waals surface area contributed by atoms with E-state index in [4.69, 9.17) is 4.74 Å². The maximum atomic E-state index is 14.5. The Balaban J connectivity index is 1.36. The van der Waals surface area contributed by atoms with Gasteiger partial charge in [-0.3, -0.25) is 4.40 Å². The van der Waals surface area contributed by atoms with Crippen LogP contribution in [0, 0.1) is 11.2 Å². The molecule has 0 atom stereocenters. The molecule has 0 amide bonds. The first-order valence-corrected chi connectivity index (χ1v) is 10.3. The molecule has 0 bridgehead atoms. The number of hydrogen-bond donors (Lipinski definition) is 1. The van der Waals surface area contributed by atoms with Gasteiger partial charge in [0.15, 0.2) is 0 Å². The van der Waals surface area contributed by atoms with Crippen molar-refractivity contribution < 1.29 is 17.9 Å². The van der Waals surface area contributed by atoms with Crippen LogP contribution in [-0.2, 0) is 11.3 Å². The number of aromatic nitrogens is 4. The molecule has 0 unspecified atom stereocenters. The molecule has 1 aromatic carbocycles. The van der Waals surface area contributed by atoms with E-state index in [2.05, 4.69) is 25.2 Å². The summed E-state index contributed by atoms with van der Waals surface area (Å²) in [5.74, 6) is 0.875. The first kappa shape index (κ1) is 19.3. The van der Waals surface area contributed by atoms with Crippen LogP contribution in [0.1, 0.15) is 17.6 Å². The number of benzene rings is 1. The van der Waals surface area contributed by atoms with E-state index in [9.17, 15) is 13.2 Å². The lowest BCUT2D eigenvalue weighted by molar-refractivity contribution is -0.127. The number of hydrogen-bond acceptors (Lipinski definition) is 6. The minimum atomic E-state index is -2.87. The van der Waals surface area contributed by atoms with Gasteiger partial charge in [0.25, 0.3) is 6.43 Å². The summed E-state index contributed by atoms with van der Waals surface area (Å²) in [7, 11) is 0. The second-order valence-corrected chi connectivity index (χ2v) is 8.44. The van der Waals surface area contributed by atoms with Crippen LogP contribution in [0.3, 0.4) is 0 Å². The minimum Gasteiger partial charge on any atom is -0.380 e. The van der Waals surface area contributed by atoms with Crippen molar-refractivity contribution in [2.24, 2.45) is 5.41 Å². The third kappa shape index (κ3) is 2.97. The molecule has 2 fully saturated rings. The summed E-state index contributed by atoms with van der Waals surface area (Å²) >= 11 is 0. The molecule has 6 rings (SSSR count). The zero-order valence-corrected chi connectivity index (χ0v) is 16.9. The van der Waals surface area contributed by atoms with Gasteiger partial charge in [0.1, 0.15) is 17.5 Å². The molecule has 1 N–H and O–H groups in total. The zero-order chi connectivity index (χ0) is 21.9. The standard InChI is InChI=1S/C22H19F3N6O/c23-18-13(2-1-3-14(18)19(24)25)7-28-20-15-6-17(30-9-22(10-30)11-32-12-22)27-8-16(15)31-5-4-26-21(31)29-20/h1-6,8,19H,7,9-12H2,(H,26,28,29). The predicted molar refractivity (Wildman–Crippen MR) is 112 cm³/mol. The van der Waals surface area contributed by atoms with E-state index < -0.39 is 17.8 Å². The number of nitrogens with zero attached hydrogens (tertiary/aromatic N) is 5. The van der Waals surface area contributed by atoms with Crippen molar-refractivity contribution in [3.63, 3.8) is 0 Å². The average Bonchev–Trinajstić information content (AvgIpc) is 3.19. The van der Waals surface area contributed by atoms with Gasteiger partial charge in [-0.05, 0) is 6.07 Å². The Morgan fingerprint density at radius 1 is 1.19 bits per heavy atom. The summed E-state index contributed by atoms with van der Waals surface area (Å²) in [5.41, 5.74) is 0.578. The van der Waals surface area contributed by atoms with E-state index >= 15 is 0 Å². The Labute approximate surface area is 180 Å². The highest BCUT2D eigenvalue weighted by Gasteiger charge is 2.49. The lowest BCUT2D eigenvalue weighted by Crippen LogP contribution is -2.66. The Bertz CT molecular complexity index is 1330. The van der Waals surface area contributed by atoms with Crippen LogP contribution in [0.5, 0.6) is 0 Å². The number of ether oxygens (including phenoxy) is 1. The van der Waals surface area contributed by atoms with E-state index in [0.29, 0.717) is 11.6 Å². The van der Waals surface area contributed by atoms with E-state index in [1.54, 1.807) is 18.6 Å². The van der Waals surface area contributed by atoms with Crippen LogP contribution >= 0.6 is 0 Å². The molecule has 2 aliphatic rings. The van der Waals surface area contributed by atoms with Crippen molar-refractivity contribution in [2.75, 3.05) is 36.5 Å². The van der Waals surface area contributed by atoms with E-state index in [1.165, 1.54) is 12.1 Å². The second-order valence-electron chi connectivity index (χ2n) is 8.44. The number of rotatable bonds is 5. The van der Waals surface area contributed by atoms with Crippen molar-refractivity contribution in [3.8, 4) is 0 Å². The summed E-state index contributed by atoms with van der Waals surface area (Å²) < 4.78 is 47.8. The Kier molecular flexibility index (Phi) is 4.26. The van der Waals surface area contributed by atoms with Crippen molar-refractivity contribution in [1.29, 1.82) is 0 Å². The number of halogens is 3. The van der Waals surface area contributed by atoms with E-state index in [1.807, 2.05) is 10.5 Å². The summed E-state index contributed by atoms with van der Waals surface area (Å²) in [6.45, 7) is 3.35. The van der Waals surface area contributed by atoms with Crippen molar-refractivity contribution in [2.45, 2.75) is 13.0 Å². The van der Waals surface area contributed by atoms with Crippen LogP contribution in [0.2, 0.25) is 0 Å². The van der Waals surface area contributed by atoms with Crippen LogP contribution in [-0.4, -0.2) is 45.7 Å². The number of alkyl halides is 2. The molecule has 2 saturated heterocycles. The molecule has 2 aliphatic heterocycles. The normalized spacial score (nSPS) is 17.2. The van der Waals surface area contributed by atoms with Gasteiger partial charge in [-0.2, -0.15) is 4.98 Å². The quantitative estimate of drug-likeness (QED) is 0.509. The molecule has 0 saturated carbocycles. The number of anilines is 2. The number of fused-ring (bicyclic) bond motifs is 3. The first-order chi connectivity index (χ1) is 15.5. The largest absolute Gasteiger partial charge is 0.380 e. The van der Waals surface area contributed by atoms with Gasteiger partial charge in [0.2, 0.25) is 5.78 Å². The molecule has 5 heterocycles. The Hall–Kier alpha value is -3.40. The van der Waals surface area contributed by atoms with Crippen LogP contribution < -0.4 is 10.2 Å². The van der Waals surface area contributed by atoms with Crippen molar-refractivity contribution in [1.82, 2.24) is 19.4 Å². The molecule has 7 nitrogen and oxygen atoms in total. The molecule has 0 aliphatic carbocycles. The van der Waals surface area contributed by atoms with Crippen molar-refractivity contribution in [3.05, 3.63) is 59.8 Å². The fourth-order valence-electron chi connectivity index (χ4n) is 4.44. The lowest BCUT2D eigenvalue weighted by Gasteiger charge is -2.55. The highest BCUT2D eigenvalue weighted by Crippen LogP contribution is 2.40. The molecule has 0 radical (unpaired) electrons. The van der Waals surface area contributed by atoms with Crippen LogP contribution in [0.15, 0.2) is 42.9 Å². The molecule has 1 spiro atoms. The maximum Gasteiger partial charge on any atom is 0.266 e. The lowest BCUT2D eigenvalue weighted by atomic mass is 9.78. The second kappa shape index (κ2) is 7.06. The maximum absolute atomic E-state index is 14.5. The van der Waals surface area contributed by atoms with Gasteiger partial charge in [0.05, 0.1) is 35.9 Å². The summed E-state index contributed by atoms with van der Waals surface area (Å²) in [6.07, 6.45) is 2.34. The molecule has 10 heteroatoms. The van der Waals surface area contributed by atoms with Gasteiger partial charge in [0, 0.05) is 43.0 Å². The zero-order valence-electron chi connectivity index (χ0n) is 16.9. The number of imidazole rings is 1. The molecule has 3 aromatic heterocycles. The SMILES string of the molecule is Fc1c(CNc2nc3nccn3c3cnc(N4CC5(COC5)C4)cc23)cccc1C(F)F. The summed E-state index contributed by atoms with van der Waals surface area (Å²) in [5, 5.41) is 3.91. The van der Waals surface area contributed by atoms with Crippen LogP contribution in [0.25, 0.3) is 16.7 Å². The molecule has 4 aromatic rings. The third-order valence-corrected chi connectivity index (χ3v) is 6.20. The monoisotopic (exact) mass is 440 g/mol. The van der Waals surface area contributed by atoms with Gasteiger partial charge in [-0.1, -0.05) is 18.2 Å². The highest BCUT2D eigenvalue weighted by molar-refractivity contribution is 5.92.